The zero-order valence-electron chi connectivity index (χ0n) is 7.10. The normalized spacial score (nSPS) is 49.2. The lowest BCUT2D eigenvalue weighted by molar-refractivity contribution is -0.322. The van der Waals surface area contributed by atoms with Crippen molar-refractivity contribution in [2.24, 2.45) is 0 Å². The van der Waals surface area contributed by atoms with Crippen molar-refractivity contribution in [3.8, 4) is 0 Å². The Morgan fingerprint density at radius 3 is 2.50 bits per heavy atom. The molecule has 0 radical (unpaired) electrons. The van der Waals surface area contributed by atoms with Gasteiger partial charge in [-0.1, -0.05) is 0 Å². The van der Waals surface area contributed by atoms with E-state index in [9.17, 15) is 10.2 Å². The molecule has 0 aromatic carbocycles. The van der Waals surface area contributed by atoms with E-state index in [0.29, 0.717) is 0 Å². The van der Waals surface area contributed by atoms with Gasteiger partial charge in [-0.15, -0.1) is 0 Å². The number of ether oxygens (including phenoxy) is 2. The number of hydrogen-bond donors (Lipinski definition) is 3. The van der Waals surface area contributed by atoms with Gasteiger partial charge in [0.25, 0.3) is 0 Å². The quantitative estimate of drug-likeness (QED) is 0.453. The second-order valence-electron chi connectivity index (χ2n) is 3.03. The van der Waals surface area contributed by atoms with E-state index in [0.717, 1.165) is 0 Å². The first-order valence-electron chi connectivity index (χ1n) is 3.74. The highest BCUT2D eigenvalue weighted by Crippen LogP contribution is 2.25. The van der Waals surface area contributed by atoms with Crippen molar-refractivity contribution < 1.29 is 24.8 Å². The van der Waals surface area contributed by atoms with Gasteiger partial charge in [0.05, 0.1) is 6.61 Å². The Kier molecular flexibility index (Phi) is 2.70. The molecule has 1 unspecified atom stereocenters. The minimum Gasteiger partial charge on any atom is -0.388 e. The molecule has 5 heteroatoms. The average molecular weight is 178 g/mol. The van der Waals surface area contributed by atoms with E-state index >= 15 is 0 Å². The van der Waals surface area contributed by atoms with Crippen molar-refractivity contribution in [2.45, 2.75) is 31.0 Å². The zero-order valence-corrected chi connectivity index (χ0v) is 7.10. The predicted molar refractivity (Wildman–Crippen MR) is 39.4 cm³/mol. The van der Waals surface area contributed by atoms with Crippen molar-refractivity contribution in [1.29, 1.82) is 0 Å². The molecule has 1 rings (SSSR count). The molecule has 3 N–H and O–H groups in total. The second kappa shape index (κ2) is 3.27. The zero-order chi connectivity index (χ0) is 9.35. The van der Waals surface area contributed by atoms with Gasteiger partial charge in [-0.25, -0.2) is 0 Å². The number of hydrogen-bond acceptors (Lipinski definition) is 5. The van der Waals surface area contributed by atoms with E-state index in [-0.39, 0.29) is 6.61 Å². The topological polar surface area (TPSA) is 79.2 Å². The first-order valence-corrected chi connectivity index (χ1v) is 3.74. The summed E-state index contributed by atoms with van der Waals surface area (Å²) in [6.45, 7) is 1.47. The largest absolute Gasteiger partial charge is 0.388 e. The predicted octanol–water partition coefficient (Wildman–Crippen LogP) is -1.54. The fourth-order valence-corrected chi connectivity index (χ4v) is 1.14. The van der Waals surface area contributed by atoms with Crippen LogP contribution in [0.1, 0.15) is 6.92 Å². The molecule has 4 atom stereocenters. The Morgan fingerprint density at radius 2 is 2.00 bits per heavy atom. The van der Waals surface area contributed by atoms with E-state index < -0.39 is 24.1 Å². The van der Waals surface area contributed by atoms with Crippen LogP contribution < -0.4 is 0 Å². The van der Waals surface area contributed by atoms with E-state index in [2.05, 4.69) is 0 Å². The van der Waals surface area contributed by atoms with Crippen LogP contribution in [0.2, 0.25) is 0 Å². The summed E-state index contributed by atoms with van der Waals surface area (Å²) >= 11 is 0. The standard InChI is InChI=1S/C7H14O5/c1-7(11-2)6(10)5(9)4(8)3-12-7/h4-6,8-10H,3H2,1-2H3/t4-,5+,6-,7?/m1/s1. The van der Waals surface area contributed by atoms with Crippen LogP contribution in [0, 0.1) is 0 Å². The monoisotopic (exact) mass is 178 g/mol. The Bertz CT molecular complexity index is 162. The third-order valence-electron chi connectivity index (χ3n) is 2.20. The van der Waals surface area contributed by atoms with E-state index in [1.165, 1.54) is 14.0 Å². The molecule has 0 aromatic heterocycles. The molecule has 1 aliphatic rings. The molecule has 0 aromatic rings. The van der Waals surface area contributed by atoms with Crippen LogP contribution in [0.25, 0.3) is 0 Å². The number of rotatable bonds is 1. The van der Waals surface area contributed by atoms with Gasteiger partial charge in [0, 0.05) is 7.11 Å². The lowest BCUT2D eigenvalue weighted by atomic mass is 9.98. The van der Waals surface area contributed by atoms with Crippen LogP contribution in [0.4, 0.5) is 0 Å². The van der Waals surface area contributed by atoms with E-state index in [1.54, 1.807) is 0 Å². The highest BCUT2D eigenvalue weighted by atomic mass is 16.7. The molecule has 0 aliphatic carbocycles. The van der Waals surface area contributed by atoms with Gasteiger partial charge in [-0.2, -0.15) is 0 Å². The van der Waals surface area contributed by atoms with E-state index in [4.69, 9.17) is 14.6 Å². The summed E-state index contributed by atoms with van der Waals surface area (Å²) in [4.78, 5) is 0. The Balaban J connectivity index is 2.71. The molecule has 72 valence electrons. The van der Waals surface area contributed by atoms with Crippen molar-refractivity contribution in [3.05, 3.63) is 0 Å². The highest BCUT2D eigenvalue weighted by molar-refractivity contribution is 4.89. The second-order valence-corrected chi connectivity index (χ2v) is 3.03. The molecule has 1 saturated heterocycles. The SMILES string of the molecule is COC1(C)OC[C@@H](O)[C@H](O)[C@H]1O. The molecule has 0 spiro atoms. The fourth-order valence-electron chi connectivity index (χ4n) is 1.14. The van der Waals surface area contributed by atoms with Crippen LogP contribution in [-0.4, -0.2) is 53.1 Å². The minimum atomic E-state index is -1.23. The summed E-state index contributed by atoms with van der Waals surface area (Å²) in [5.74, 6) is -1.22. The van der Waals surface area contributed by atoms with Gasteiger partial charge in [0.15, 0.2) is 5.79 Å². The minimum absolute atomic E-state index is 0.0391. The Morgan fingerprint density at radius 1 is 1.42 bits per heavy atom. The highest BCUT2D eigenvalue weighted by Gasteiger charge is 2.46. The van der Waals surface area contributed by atoms with Crippen molar-refractivity contribution >= 4 is 0 Å². The maximum absolute atomic E-state index is 9.41. The third kappa shape index (κ3) is 1.46. The summed E-state index contributed by atoms with van der Waals surface area (Å²) in [5, 5.41) is 27.7. The van der Waals surface area contributed by atoms with Crippen molar-refractivity contribution in [3.63, 3.8) is 0 Å². The molecule has 0 bridgehead atoms. The van der Waals surface area contributed by atoms with Crippen molar-refractivity contribution in [2.75, 3.05) is 13.7 Å². The van der Waals surface area contributed by atoms with Crippen LogP contribution in [0.3, 0.4) is 0 Å². The van der Waals surface area contributed by atoms with E-state index in [1.807, 2.05) is 0 Å². The smallest absolute Gasteiger partial charge is 0.194 e. The summed E-state index contributed by atoms with van der Waals surface area (Å²) in [6, 6.07) is 0. The molecule has 12 heavy (non-hydrogen) atoms. The van der Waals surface area contributed by atoms with Gasteiger partial charge in [-0.05, 0) is 6.92 Å². The number of aliphatic hydroxyl groups is 3. The summed E-state index contributed by atoms with van der Waals surface area (Å²) < 4.78 is 9.89. The molecule has 1 fully saturated rings. The lowest BCUT2D eigenvalue weighted by Crippen LogP contribution is -2.60. The first kappa shape index (κ1) is 9.88. The average Bonchev–Trinajstić information content (AvgIpc) is 2.09. The van der Waals surface area contributed by atoms with Crippen LogP contribution in [0.5, 0.6) is 0 Å². The molecule has 0 saturated carbocycles. The Labute approximate surface area is 70.5 Å². The molecule has 1 heterocycles. The maximum atomic E-state index is 9.41. The molecule has 0 amide bonds. The van der Waals surface area contributed by atoms with Crippen LogP contribution in [0.15, 0.2) is 0 Å². The van der Waals surface area contributed by atoms with Gasteiger partial charge in [-0.3, -0.25) is 0 Å². The number of aliphatic hydroxyl groups excluding tert-OH is 3. The maximum Gasteiger partial charge on any atom is 0.194 e. The Hall–Kier alpha value is -0.200. The lowest BCUT2D eigenvalue weighted by Gasteiger charge is -2.41. The van der Waals surface area contributed by atoms with Crippen molar-refractivity contribution in [1.82, 2.24) is 0 Å². The van der Waals surface area contributed by atoms with Gasteiger partial charge < -0.3 is 24.8 Å². The molecular weight excluding hydrogens is 164 g/mol. The summed E-state index contributed by atoms with van der Waals surface area (Å²) in [7, 11) is 1.37. The summed E-state index contributed by atoms with van der Waals surface area (Å²) in [6.07, 6.45) is -3.50. The van der Waals surface area contributed by atoms with Gasteiger partial charge in [0.1, 0.15) is 18.3 Å². The van der Waals surface area contributed by atoms with Crippen LogP contribution >= 0.6 is 0 Å². The summed E-state index contributed by atoms with van der Waals surface area (Å²) in [5.41, 5.74) is 0. The first-order chi connectivity index (χ1) is 5.51. The van der Waals surface area contributed by atoms with Gasteiger partial charge >= 0.3 is 0 Å². The van der Waals surface area contributed by atoms with Gasteiger partial charge in [0.2, 0.25) is 0 Å². The third-order valence-corrected chi connectivity index (χ3v) is 2.20. The molecule has 1 aliphatic heterocycles. The number of methoxy groups -OCH3 is 1. The molecular formula is C7H14O5. The fraction of sp³-hybridized carbons (Fsp3) is 1.00. The molecule has 5 nitrogen and oxygen atoms in total. The van der Waals surface area contributed by atoms with Crippen LogP contribution in [-0.2, 0) is 9.47 Å².